The van der Waals surface area contributed by atoms with E-state index in [0.29, 0.717) is 13.1 Å². The van der Waals surface area contributed by atoms with Gasteiger partial charge in [-0.1, -0.05) is 0 Å². The number of rotatable bonds is 3. The van der Waals surface area contributed by atoms with Gasteiger partial charge in [0, 0.05) is 33.7 Å². The summed E-state index contributed by atoms with van der Waals surface area (Å²) in [4.78, 5) is 11.8. The molecule has 0 aliphatic carbocycles. The van der Waals surface area contributed by atoms with Crippen molar-refractivity contribution in [2.24, 2.45) is 7.05 Å². The number of piperazine rings is 1. The third-order valence-electron chi connectivity index (χ3n) is 3.09. The molecule has 0 radical (unpaired) electrons. The molecule has 106 valence electrons. The molecule has 0 saturated carbocycles. The molecular formula is C10H17N5O3S. The van der Waals surface area contributed by atoms with Crippen LogP contribution in [-0.4, -0.2) is 61.1 Å². The molecule has 2 N–H and O–H groups in total. The Labute approximate surface area is 111 Å². The molecule has 1 aromatic heterocycles. The van der Waals surface area contributed by atoms with Gasteiger partial charge >= 0.3 is 0 Å². The van der Waals surface area contributed by atoms with Gasteiger partial charge in [0.15, 0.2) is 5.03 Å². The van der Waals surface area contributed by atoms with Gasteiger partial charge in [-0.05, 0) is 6.07 Å². The summed E-state index contributed by atoms with van der Waals surface area (Å²) in [6.45, 7) is 1.08. The highest BCUT2D eigenvalue weighted by Gasteiger charge is 2.38. The standard InChI is InChI=1S/C10H17N5O3S/c1-11-10(16)8-7-12-5-6-15(8)19(17,18)9-3-4-13-14(9)2/h3-4,8,12H,5-7H2,1-2H3,(H,11,16). The van der Waals surface area contributed by atoms with E-state index in [9.17, 15) is 13.2 Å². The number of likely N-dealkylation sites (N-methyl/N-ethyl adjacent to an activating group) is 1. The number of carbonyl (C=O) groups excluding carboxylic acids is 1. The lowest BCUT2D eigenvalue weighted by Gasteiger charge is -2.33. The molecule has 1 fully saturated rings. The molecule has 2 heterocycles. The maximum absolute atomic E-state index is 12.6. The highest BCUT2D eigenvalue weighted by Crippen LogP contribution is 2.18. The van der Waals surface area contributed by atoms with E-state index in [-0.39, 0.29) is 17.5 Å². The number of amides is 1. The Balaban J connectivity index is 2.37. The summed E-state index contributed by atoms with van der Waals surface area (Å²) < 4.78 is 27.6. The van der Waals surface area contributed by atoms with E-state index in [4.69, 9.17) is 0 Å². The molecule has 0 aromatic carbocycles. The monoisotopic (exact) mass is 287 g/mol. The summed E-state index contributed by atoms with van der Waals surface area (Å²) >= 11 is 0. The molecule has 1 aromatic rings. The van der Waals surface area contributed by atoms with E-state index in [1.165, 1.54) is 28.3 Å². The Kier molecular flexibility index (Phi) is 3.88. The Morgan fingerprint density at radius 2 is 2.32 bits per heavy atom. The predicted octanol–water partition coefficient (Wildman–Crippen LogP) is -1.87. The lowest BCUT2D eigenvalue weighted by Crippen LogP contribution is -2.59. The molecule has 1 aliphatic rings. The van der Waals surface area contributed by atoms with Gasteiger partial charge < -0.3 is 10.6 Å². The molecule has 2 rings (SSSR count). The quantitative estimate of drug-likeness (QED) is 0.679. The third-order valence-corrected chi connectivity index (χ3v) is 5.08. The second kappa shape index (κ2) is 5.27. The Bertz CT molecular complexity index is 567. The normalized spacial score (nSPS) is 21.3. The zero-order valence-electron chi connectivity index (χ0n) is 10.8. The first-order chi connectivity index (χ1) is 8.98. The average Bonchev–Trinajstić information content (AvgIpc) is 2.85. The van der Waals surface area contributed by atoms with Gasteiger partial charge in [-0.2, -0.15) is 9.40 Å². The number of carbonyl (C=O) groups is 1. The van der Waals surface area contributed by atoms with Crippen LogP contribution in [0.25, 0.3) is 0 Å². The van der Waals surface area contributed by atoms with E-state index < -0.39 is 16.1 Å². The van der Waals surface area contributed by atoms with Crippen LogP contribution in [0, 0.1) is 0 Å². The SMILES string of the molecule is CNC(=O)C1CNCCN1S(=O)(=O)c1ccnn1C. The Hall–Kier alpha value is -1.45. The second-order valence-corrected chi connectivity index (χ2v) is 6.08. The Morgan fingerprint density at radius 3 is 2.89 bits per heavy atom. The first-order valence-corrected chi connectivity index (χ1v) is 7.34. The maximum Gasteiger partial charge on any atom is 0.261 e. The van der Waals surface area contributed by atoms with Crippen molar-refractivity contribution >= 4 is 15.9 Å². The first kappa shape index (κ1) is 14.0. The van der Waals surface area contributed by atoms with Crippen LogP contribution < -0.4 is 10.6 Å². The number of hydrogen-bond donors (Lipinski definition) is 2. The predicted molar refractivity (Wildman–Crippen MR) is 67.8 cm³/mol. The third kappa shape index (κ3) is 2.48. The summed E-state index contributed by atoms with van der Waals surface area (Å²) in [6.07, 6.45) is 1.42. The minimum absolute atomic E-state index is 0.0864. The maximum atomic E-state index is 12.6. The van der Waals surface area contributed by atoms with Crippen molar-refractivity contribution in [1.29, 1.82) is 0 Å². The van der Waals surface area contributed by atoms with Crippen LogP contribution >= 0.6 is 0 Å². The van der Waals surface area contributed by atoms with Crippen LogP contribution in [0.2, 0.25) is 0 Å². The minimum Gasteiger partial charge on any atom is -0.358 e. The van der Waals surface area contributed by atoms with Crippen LogP contribution in [0.5, 0.6) is 0 Å². The van der Waals surface area contributed by atoms with Crippen molar-refractivity contribution in [3.05, 3.63) is 12.3 Å². The molecule has 1 saturated heterocycles. The number of hydrogen-bond acceptors (Lipinski definition) is 5. The molecule has 0 spiro atoms. The van der Waals surface area contributed by atoms with E-state index in [2.05, 4.69) is 15.7 Å². The lowest BCUT2D eigenvalue weighted by atomic mass is 10.2. The Morgan fingerprint density at radius 1 is 1.58 bits per heavy atom. The van der Waals surface area contributed by atoms with Crippen LogP contribution in [0.15, 0.2) is 17.3 Å². The molecule has 8 nitrogen and oxygen atoms in total. The van der Waals surface area contributed by atoms with Crippen molar-refractivity contribution in [2.75, 3.05) is 26.7 Å². The molecule has 1 aliphatic heterocycles. The fourth-order valence-electron chi connectivity index (χ4n) is 2.10. The average molecular weight is 287 g/mol. The second-order valence-electron chi connectivity index (χ2n) is 4.24. The van der Waals surface area contributed by atoms with Gasteiger partial charge in [0.1, 0.15) is 6.04 Å². The highest BCUT2D eigenvalue weighted by molar-refractivity contribution is 7.89. The topological polar surface area (TPSA) is 96.3 Å². The highest BCUT2D eigenvalue weighted by atomic mass is 32.2. The fourth-order valence-corrected chi connectivity index (χ4v) is 3.79. The minimum atomic E-state index is -3.72. The van der Waals surface area contributed by atoms with Gasteiger partial charge in [0.2, 0.25) is 5.91 Å². The zero-order chi connectivity index (χ0) is 14.0. The summed E-state index contributed by atoms with van der Waals surface area (Å²) in [6, 6.07) is 0.691. The van der Waals surface area contributed by atoms with Crippen LogP contribution in [-0.2, 0) is 21.9 Å². The van der Waals surface area contributed by atoms with E-state index >= 15 is 0 Å². The van der Waals surface area contributed by atoms with Crippen LogP contribution in [0.4, 0.5) is 0 Å². The van der Waals surface area contributed by atoms with Gasteiger partial charge in [-0.25, -0.2) is 8.42 Å². The number of nitrogens with zero attached hydrogens (tertiary/aromatic N) is 3. The summed E-state index contributed by atoms with van der Waals surface area (Å²) in [5.41, 5.74) is 0. The lowest BCUT2D eigenvalue weighted by molar-refractivity contribution is -0.124. The van der Waals surface area contributed by atoms with E-state index in [0.717, 1.165) is 0 Å². The smallest absolute Gasteiger partial charge is 0.261 e. The van der Waals surface area contributed by atoms with Gasteiger partial charge in [-0.3, -0.25) is 9.48 Å². The van der Waals surface area contributed by atoms with Crippen molar-refractivity contribution < 1.29 is 13.2 Å². The van der Waals surface area contributed by atoms with Crippen molar-refractivity contribution in [3.8, 4) is 0 Å². The fraction of sp³-hybridized carbons (Fsp3) is 0.600. The van der Waals surface area contributed by atoms with Crippen molar-refractivity contribution in [2.45, 2.75) is 11.1 Å². The summed E-state index contributed by atoms with van der Waals surface area (Å²) in [5.74, 6) is -0.321. The summed E-state index contributed by atoms with van der Waals surface area (Å²) in [7, 11) is -0.669. The summed E-state index contributed by atoms with van der Waals surface area (Å²) in [5, 5.41) is 9.46. The number of aryl methyl sites for hydroxylation is 1. The zero-order valence-corrected chi connectivity index (χ0v) is 11.6. The first-order valence-electron chi connectivity index (χ1n) is 5.90. The molecular weight excluding hydrogens is 270 g/mol. The molecule has 1 atom stereocenters. The van der Waals surface area contributed by atoms with Gasteiger partial charge in [0.25, 0.3) is 10.0 Å². The number of nitrogens with one attached hydrogen (secondary N) is 2. The van der Waals surface area contributed by atoms with Gasteiger partial charge in [-0.15, -0.1) is 0 Å². The van der Waals surface area contributed by atoms with Gasteiger partial charge in [0.05, 0.1) is 6.20 Å². The molecule has 0 bridgehead atoms. The largest absolute Gasteiger partial charge is 0.358 e. The van der Waals surface area contributed by atoms with Crippen molar-refractivity contribution in [1.82, 2.24) is 24.7 Å². The van der Waals surface area contributed by atoms with Crippen LogP contribution in [0.1, 0.15) is 0 Å². The number of sulfonamides is 1. The molecule has 9 heteroatoms. The molecule has 1 unspecified atom stereocenters. The molecule has 1 amide bonds. The van der Waals surface area contributed by atoms with E-state index in [1.54, 1.807) is 7.05 Å². The van der Waals surface area contributed by atoms with Crippen LogP contribution in [0.3, 0.4) is 0 Å². The number of aromatic nitrogens is 2. The van der Waals surface area contributed by atoms with Crippen molar-refractivity contribution in [3.63, 3.8) is 0 Å². The van der Waals surface area contributed by atoms with E-state index in [1.807, 2.05) is 0 Å². The molecule has 19 heavy (non-hydrogen) atoms.